The largest absolute Gasteiger partial charge is 0.508 e. The molecule has 4 heterocycles. The van der Waals surface area contributed by atoms with Gasteiger partial charge in [0.1, 0.15) is 28.9 Å². The molecule has 1 unspecified atom stereocenters. The summed E-state index contributed by atoms with van der Waals surface area (Å²) in [6, 6.07) is 29.9. The van der Waals surface area contributed by atoms with Gasteiger partial charge in [0.2, 0.25) is 11.8 Å². The Balaban J connectivity index is 0.791. The molecule has 10 nitrogen and oxygen atoms in total. The Hall–Kier alpha value is -5.35. The second kappa shape index (κ2) is 15.4. The number of carbonyl (C=O) groups is 3. The Morgan fingerprint density at radius 1 is 0.855 bits per heavy atom. The normalized spacial score (nSPS) is 22.1. The molecule has 8 rings (SSSR count). The van der Waals surface area contributed by atoms with Crippen LogP contribution in [0.1, 0.15) is 90.4 Å². The van der Waals surface area contributed by atoms with Crippen molar-refractivity contribution >= 4 is 23.4 Å². The second-order valence-electron chi connectivity index (χ2n) is 15.8. The summed E-state index contributed by atoms with van der Waals surface area (Å²) in [5, 5.41) is 12.6. The molecule has 2 saturated heterocycles. The number of nitrogens with one attached hydrogen (secondary N) is 1. The minimum Gasteiger partial charge on any atom is -0.508 e. The minimum absolute atomic E-state index is 0.0505. The van der Waals surface area contributed by atoms with Gasteiger partial charge < -0.3 is 24.4 Å². The maximum atomic E-state index is 13.1. The third-order valence-electron chi connectivity index (χ3n) is 11.8. The van der Waals surface area contributed by atoms with Crippen molar-refractivity contribution < 1.29 is 29.0 Å². The van der Waals surface area contributed by atoms with Crippen molar-refractivity contribution in [2.45, 2.75) is 76.0 Å². The number of benzene rings is 4. The molecule has 4 aliphatic rings. The topological polar surface area (TPSA) is 112 Å². The highest BCUT2D eigenvalue weighted by Gasteiger charge is 2.45. The third-order valence-corrected chi connectivity index (χ3v) is 11.8. The number of hydrogen-bond donors (Lipinski definition) is 2. The molecule has 55 heavy (non-hydrogen) atoms. The van der Waals surface area contributed by atoms with Crippen molar-refractivity contribution in [1.29, 1.82) is 0 Å². The lowest BCUT2D eigenvalue weighted by molar-refractivity contribution is -0.136. The Morgan fingerprint density at radius 3 is 2.40 bits per heavy atom. The summed E-state index contributed by atoms with van der Waals surface area (Å²) in [5.74, 6) is 1.13. The maximum Gasteiger partial charge on any atom is 0.255 e. The predicted molar refractivity (Wildman–Crippen MR) is 211 cm³/mol. The van der Waals surface area contributed by atoms with Crippen LogP contribution < -0.4 is 19.7 Å². The smallest absolute Gasteiger partial charge is 0.255 e. The molecule has 3 atom stereocenters. The average molecular weight is 743 g/mol. The van der Waals surface area contributed by atoms with Gasteiger partial charge in [0.05, 0.1) is 6.61 Å². The van der Waals surface area contributed by atoms with Crippen LogP contribution in [0.15, 0.2) is 91.0 Å². The van der Waals surface area contributed by atoms with Crippen LogP contribution in [0.25, 0.3) is 0 Å². The van der Waals surface area contributed by atoms with Gasteiger partial charge in [0, 0.05) is 73.9 Å². The fourth-order valence-electron chi connectivity index (χ4n) is 8.99. The summed E-state index contributed by atoms with van der Waals surface area (Å²) >= 11 is 0. The number of unbranched alkanes of at least 4 members (excludes halogenated alkanes) is 2. The zero-order valence-corrected chi connectivity index (χ0v) is 31.7. The highest BCUT2D eigenvalue weighted by molar-refractivity contribution is 6.05. The monoisotopic (exact) mass is 742 g/mol. The molecule has 0 aromatic heterocycles. The van der Waals surface area contributed by atoms with Gasteiger partial charge >= 0.3 is 0 Å². The summed E-state index contributed by atoms with van der Waals surface area (Å²) in [5.41, 5.74) is 5.69. The SMILES string of the molecule is CC1(C)Oc2cc(O)ccc2[C@H](c2ccc(OCCCCCN3CCN(c4ccc5c(c4)CN(C4CCC(=O)NC4=O)C5=O)CC3)cc2)[C@@H]1c1ccccc1. The Kier molecular flexibility index (Phi) is 10.3. The molecule has 2 N–H and O–H groups in total. The zero-order chi connectivity index (χ0) is 38.1. The van der Waals surface area contributed by atoms with E-state index in [9.17, 15) is 19.5 Å². The first-order valence-electron chi connectivity index (χ1n) is 19.7. The van der Waals surface area contributed by atoms with Gasteiger partial charge in [-0.3, -0.25) is 24.6 Å². The zero-order valence-electron chi connectivity index (χ0n) is 31.7. The van der Waals surface area contributed by atoms with Gasteiger partial charge in [0.15, 0.2) is 0 Å². The van der Waals surface area contributed by atoms with Crippen molar-refractivity contribution in [3.05, 3.63) is 119 Å². The van der Waals surface area contributed by atoms with E-state index in [0.29, 0.717) is 25.1 Å². The summed E-state index contributed by atoms with van der Waals surface area (Å²) < 4.78 is 12.7. The molecule has 4 aromatic carbocycles. The predicted octanol–water partition coefficient (Wildman–Crippen LogP) is 6.61. The number of phenols is 1. The number of rotatable bonds is 11. The van der Waals surface area contributed by atoms with Crippen molar-refractivity contribution in [2.24, 2.45) is 0 Å². The molecule has 0 spiro atoms. The number of amides is 3. The molecular weight excluding hydrogens is 693 g/mol. The van der Waals surface area contributed by atoms with Crippen molar-refractivity contribution in [1.82, 2.24) is 15.1 Å². The van der Waals surface area contributed by atoms with E-state index in [-0.39, 0.29) is 41.7 Å². The Labute approximate surface area is 323 Å². The molecule has 3 amide bonds. The number of nitrogens with zero attached hydrogens (tertiary/aromatic N) is 3. The number of aromatic hydroxyl groups is 1. The fraction of sp³-hybridized carbons (Fsp3) is 0.400. The molecular formula is C45H50N4O6. The van der Waals surface area contributed by atoms with E-state index in [1.165, 1.54) is 11.1 Å². The fourth-order valence-corrected chi connectivity index (χ4v) is 8.99. The molecule has 0 saturated carbocycles. The van der Waals surface area contributed by atoms with E-state index in [0.717, 1.165) is 80.3 Å². The molecule has 4 aromatic rings. The Bertz CT molecular complexity index is 2040. The van der Waals surface area contributed by atoms with Gasteiger partial charge in [-0.05, 0) is 99.2 Å². The van der Waals surface area contributed by atoms with Crippen LogP contribution in [-0.2, 0) is 16.1 Å². The van der Waals surface area contributed by atoms with E-state index in [4.69, 9.17) is 9.47 Å². The lowest BCUT2D eigenvalue weighted by Gasteiger charge is -2.45. The van der Waals surface area contributed by atoms with Gasteiger partial charge in [0.25, 0.3) is 5.91 Å². The standard InChI is InChI=1S/C45H50N4O6/c1-45(2)42(31-9-5-3-6-10-31)41(37-18-14-34(50)28-39(37)55-45)30-11-15-35(16-12-30)54-26-8-4-7-21-47-22-24-48(25-23-47)33-13-17-36-32(27-33)29-49(44(36)53)38-19-20-40(51)46-43(38)52/h3,5-6,9-18,27-28,38,41-42,50H,4,7-8,19-26,29H2,1-2H3,(H,46,51,52)/t38?,41-,42-/m0/s1. The summed E-state index contributed by atoms with van der Waals surface area (Å²) in [7, 11) is 0. The van der Waals surface area contributed by atoms with E-state index in [1.54, 1.807) is 17.0 Å². The number of piperidine rings is 1. The van der Waals surface area contributed by atoms with Crippen LogP contribution in [0, 0.1) is 0 Å². The van der Waals surface area contributed by atoms with Gasteiger partial charge in [-0.25, -0.2) is 0 Å². The number of piperazine rings is 1. The summed E-state index contributed by atoms with van der Waals surface area (Å²) in [4.78, 5) is 43.6. The number of phenolic OH excluding ortho intramolecular Hbond substituents is 1. The van der Waals surface area contributed by atoms with E-state index < -0.39 is 11.6 Å². The first-order chi connectivity index (χ1) is 26.6. The molecule has 0 bridgehead atoms. The number of fused-ring (bicyclic) bond motifs is 2. The summed E-state index contributed by atoms with van der Waals surface area (Å²) in [6.07, 6.45) is 3.84. The first kappa shape index (κ1) is 36.6. The third kappa shape index (κ3) is 7.65. The molecule has 0 aliphatic carbocycles. The van der Waals surface area contributed by atoms with Crippen LogP contribution in [0.3, 0.4) is 0 Å². The highest BCUT2D eigenvalue weighted by Crippen LogP contribution is 2.53. The van der Waals surface area contributed by atoms with Gasteiger partial charge in [-0.2, -0.15) is 0 Å². The molecule has 0 radical (unpaired) electrons. The minimum atomic E-state index is -0.593. The quantitative estimate of drug-likeness (QED) is 0.131. The van der Waals surface area contributed by atoms with Crippen LogP contribution in [0.2, 0.25) is 0 Å². The van der Waals surface area contributed by atoms with E-state index in [2.05, 4.69) is 83.6 Å². The average Bonchev–Trinajstić information content (AvgIpc) is 3.50. The molecule has 286 valence electrons. The maximum absolute atomic E-state index is 13.1. The van der Waals surface area contributed by atoms with Crippen LogP contribution in [-0.4, -0.2) is 83.6 Å². The lowest BCUT2D eigenvalue weighted by Crippen LogP contribution is -2.52. The molecule has 2 fully saturated rings. The first-order valence-corrected chi connectivity index (χ1v) is 19.7. The van der Waals surface area contributed by atoms with Crippen LogP contribution in [0.4, 0.5) is 5.69 Å². The van der Waals surface area contributed by atoms with Crippen molar-refractivity contribution in [2.75, 3.05) is 44.2 Å². The number of anilines is 1. The van der Waals surface area contributed by atoms with Gasteiger partial charge in [-0.1, -0.05) is 48.5 Å². The summed E-state index contributed by atoms with van der Waals surface area (Å²) in [6.45, 7) is 10.2. The molecule has 10 heteroatoms. The number of carbonyl (C=O) groups excluding carboxylic acids is 3. The van der Waals surface area contributed by atoms with Crippen LogP contribution in [0.5, 0.6) is 17.2 Å². The lowest BCUT2D eigenvalue weighted by atomic mass is 9.68. The van der Waals surface area contributed by atoms with E-state index >= 15 is 0 Å². The highest BCUT2D eigenvalue weighted by atomic mass is 16.5. The van der Waals surface area contributed by atoms with Gasteiger partial charge in [-0.15, -0.1) is 0 Å². The number of imide groups is 1. The number of hydrogen-bond acceptors (Lipinski definition) is 8. The second-order valence-corrected chi connectivity index (χ2v) is 15.8. The van der Waals surface area contributed by atoms with Crippen LogP contribution >= 0.6 is 0 Å². The van der Waals surface area contributed by atoms with E-state index in [1.807, 2.05) is 24.3 Å². The molecule has 4 aliphatic heterocycles. The number of ether oxygens (including phenoxy) is 2. The Morgan fingerprint density at radius 2 is 1.64 bits per heavy atom. The van der Waals surface area contributed by atoms with Crippen molar-refractivity contribution in [3.63, 3.8) is 0 Å². The van der Waals surface area contributed by atoms with Crippen molar-refractivity contribution in [3.8, 4) is 17.2 Å².